The van der Waals surface area contributed by atoms with E-state index in [1.807, 2.05) is 0 Å². The van der Waals surface area contributed by atoms with Gasteiger partial charge in [0.2, 0.25) is 0 Å². The molecule has 2 rings (SSSR count). The summed E-state index contributed by atoms with van der Waals surface area (Å²) in [5, 5.41) is 17.3. The van der Waals surface area contributed by atoms with E-state index in [0.717, 1.165) is 13.0 Å². The Morgan fingerprint density at radius 1 is 1.55 bits per heavy atom. The van der Waals surface area contributed by atoms with Gasteiger partial charge in [-0.15, -0.1) is 0 Å². The van der Waals surface area contributed by atoms with Crippen molar-refractivity contribution in [3.05, 3.63) is 33.9 Å². The van der Waals surface area contributed by atoms with E-state index in [4.69, 9.17) is 4.74 Å². The maximum Gasteiger partial charge on any atom is 0.311 e. The number of hydrogen-bond acceptors (Lipinski definition) is 5. The first-order valence-electron chi connectivity index (χ1n) is 7.45. The number of nitrogens with one attached hydrogen (secondary N) is 2. The molecule has 1 aliphatic heterocycles. The van der Waals surface area contributed by atoms with E-state index in [9.17, 15) is 14.9 Å². The van der Waals surface area contributed by atoms with Crippen molar-refractivity contribution < 1.29 is 14.5 Å². The van der Waals surface area contributed by atoms with Gasteiger partial charge in [-0.2, -0.15) is 0 Å². The third-order valence-electron chi connectivity index (χ3n) is 3.86. The van der Waals surface area contributed by atoms with E-state index in [1.54, 1.807) is 13.0 Å². The van der Waals surface area contributed by atoms with Crippen molar-refractivity contribution in [1.29, 1.82) is 0 Å². The lowest BCUT2D eigenvalue weighted by Crippen LogP contribution is -2.50. The molecule has 1 saturated heterocycles. The highest BCUT2D eigenvalue weighted by Gasteiger charge is 2.24. The molecule has 1 fully saturated rings. The Hall–Kier alpha value is -2.15. The molecule has 120 valence electrons. The third kappa shape index (κ3) is 3.73. The Morgan fingerprint density at radius 2 is 2.32 bits per heavy atom. The van der Waals surface area contributed by atoms with Crippen LogP contribution < -0.4 is 15.4 Å². The zero-order valence-electron chi connectivity index (χ0n) is 12.8. The van der Waals surface area contributed by atoms with Gasteiger partial charge in [0.25, 0.3) is 5.91 Å². The zero-order valence-corrected chi connectivity index (χ0v) is 12.8. The number of benzene rings is 1. The van der Waals surface area contributed by atoms with Crippen LogP contribution in [0.2, 0.25) is 0 Å². The van der Waals surface area contributed by atoms with E-state index in [-0.39, 0.29) is 28.9 Å². The summed E-state index contributed by atoms with van der Waals surface area (Å²) in [7, 11) is 0. The summed E-state index contributed by atoms with van der Waals surface area (Å²) >= 11 is 0. The molecule has 2 N–H and O–H groups in total. The molecule has 2 unspecified atom stereocenters. The molecule has 1 aliphatic rings. The molecule has 0 aromatic heterocycles. The average molecular weight is 307 g/mol. The molecule has 0 bridgehead atoms. The number of carbonyl (C=O) groups is 1. The maximum atomic E-state index is 12.3. The second-order valence-corrected chi connectivity index (χ2v) is 5.42. The predicted molar refractivity (Wildman–Crippen MR) is 82.2 cm³/mol. The second kappa shape index (κ2) is 7.22. The van der Waals surface area contributed by atoms with Crippen molar-refractivity contribution in [2.75, 3.05) is 19.7 Å². The van der Waals surface area contributed by atoms with E-state index >= 15 is 0 Å². The van der Waals surface area contributed by atoms with Crippen LogP contribution in [0.5, 0.6) is 5.75 Å². The van der Waals surface area contributed by atoms with Crippen LogP contribution in [0.3, 0.4) is 0 Å². The number of rotatable bonds is 5. The Kier molecular flexibility index (Phi) is 5.32. The topological polar surface area (TPSA) is 93.5 Å². The van der Waals surface area contributed by atoms with Gasteiger partial charge in [-0.05, 0) is 37.9 Å². The summed E-state index contributed by atoms with van der Waals surface area (Å²) < 4.78 is 5.22. The van der Waals surface area contributed by atoms with E-state index < -0.39 is 4.92 Å². The fourth-order valence-corrected chi connectivity index (χ4v) is 2.51. The first-order valence-corrected chi connectivity index (χ1v) is 7.45. The molecular weight excluding hydrogens is 286 g/mol. The Bertz CT molecular complexity index is 562. The van der Waals surface area contributed by atoms with Crippen LogP contribution in [0.15, 0.2) is 18.2 Å². The normalized spacial score (nSPS) is 21.2. The summed E-state index contributed by atoms with van der Waals surface area (Å²) in [6, 6.07) is 4.32. The van der Waals surface area contributed by atoms with Crippen LogP contribution in [-0.4, -0.2) is 36.6 Å². The highest BCUT2D eigenvalue weighted by Crippen LogP contribution is 2.28. The Morgan fingerprint density at radius 3 is 2.95 bits per heavy atom. The lowest BCUT2D eigenvalue weighted by molar-refractivity contribution is -0.385. The van der Waals surface area contributed by atoms with Crippen LogP contribution in [0.1, 0.15) is 30.6 Å². The average Bonchev–Trinajstić information content (AvgIpc) is 2.50. The van der Waals surface area contributed by atoms with E-state index in [0.29, 0.717) is 19.1 Å². The lowest BCUT2D eigenvalue weighted by Gasteiger charge is -2.30. The van der Waals surface area contributed by atoms with E-state index in [2.05, 4.69) is 17.6 Å². The predicted octanol–water partition coefficient (Wildman–Crippen LogP) is 1.72. The largest absolute Gasteiger partial charge is 0.487 e. The first-order chi connectivity index (χ1) is 10.5. The smallest absolute Gasteiger partial charge is 0.311 e. The molecule has 0 aliphatic carbocycles. The molecule has 7 heteroatoms. The van der Waals surface area contributed by atoms with Crippen molar-refractivity contribution in [3.8, 4) is 5.75 Å². The summed E-state index contributed by atoms with van der Waals surface area (Å²) in [6.45, 7) is 5.83. The van der Waals surface area contributed by atoms with E-state index in [1.165, 1.54) is 12.1 Å². The number of piperidine rings is 1. The maximum absolute atomic E-state index is 12.3. The van der Waals surface area contributed by atoms with Gasteiger partial charge < -0.3 is 15.4 Å². The van der Waals surface area contributed by atoms with Crippen LogP contribution in [0, 0.1) is 16.0 Å². The van der Waals surface area contributed by atoms with Crippen molar-refractivity contribution >= 4 is 11.6 Å². The molecule has 1 aromatic carbocycles. The number of nitrogens with zero attached hydrogens (tertiary/aromatic N) is 1. The van der Waals surface area contributed by atoms with Crippen molar-refractivity contribution in [2.45, 2.75) is 26.3 Å². The lowest BCUT2D eigenvalue weighted by atomic mass is 9.94. The molecule has 1 heterocycles. The molecule has 7 nitrogen and oxygen atoms in total. The number of nitro groups is 1. The van der Waals surface area contributed by atoms with Crippen molar-refractivity contribution in [3.63, 3.8) is 0 Å². The minimum atomic E-state index is -0.535. The summed E-state index contributed by atoms with van der Waals surface area (Å²) in [6.07, 6.45) is 0.994. The van der Waals surface area contributed by atoms with Crippen LogP contribution in [0.25, 0.3) is 0 Å². The molecule has 0 spiro atoms. The van der Waals surface area contributed by atoms with Gasteiger partial charge in [-0.1, -0.05) is 6.92 Å². The molecule has 0 saturated carbocycles. The van der Waals surface area contributed by atoms with Gasteiger partial charge in [-0.25, -0.2) is 0 Å². The molecule has 0 radical (unpaired) electrons. The number of carbonyl (C=O) groups excluding carboxylic acids is 1. The third-order valence-corrected chi connectivity index (χ3v) is 3.86. The summed E-state index contributed by atoms with van der Waals surface area (Å²) in [4.78, 5) is 22.9. The number of amides is 1. The zero-order chi connectivity index (χ0) is 16.1. The highest BCUT2D eigenvalue weighted by atomic mass is 16.6. The highest BCUT2D eigenvalue weighted by molar-refractivity contribution is 5.95. The fraction of sp³-hybridized carbons (Fsp3) is 0.533. The van der Waals surface area contributed by atoms with Gasteiger partial charge in [0.15, 0.2) is 5.75 Å². The minimum absolute atomic E-state index is 0.0341. The summed E-state index contributed by atoms with van der Waals surface area (Å²) in [5.41, 5.74) is 0.0808. The SMILES string of the molecule is CCOc1ccc(C(=O)NC2CNCCC2C)cc1[N+](=O)[O-]. The molecular formula is C15H21N3O4. The van der Waals surface area contributed by atoms with Crippen LogP contribution in [0.4, 0.5) is 5.69 Å². The molecule has 2 atom stereocenters. The Balaban J connectivity index is 2.15. The number of nitro benzene ring substituents is 1. The van der Waals surface area contributed by atoms with Crippen LogP contribution >= 0.6 is 0 Å². The standard InChI is InChI=1S/C15H21N3O4/c1-3-22-14-5-4-11(8-13(14)18(20)21)15(19)17-12-9-16-7-6-10(12)2/h4-5,8,10,12,16H,3,6-7,9H2,1-2H3,(H,17,19). The molecule has 1 amide bonds. The fourth-order valence-electron chi connectivity index (χ4n) is 2.51. The monoisotopic (exact) mass is 307 g/mol. The number of ether oxygens (including phenoxy) is 1. The van der Waals surface area contributed by atoms with Crippen molar-refractivity contribution in [2.24, 2.45) is 5.92 Å². The van der Waals surface area contributed by atoms with Gasteiger partial charge in [0.05, 0.1) is 11.5 Å². The van der Waals surface area contributed by atoms with Gasteiger partial charge >= 0.3 is 5.69 Å². The van der Waals surface area contributed by atoms with Gasteiger partial charge in [-0.3, -0.25) is 14.9 Å². The second-order valence-electron chi connectivity index (χ2n) is 5.42. The Labute approximate surface area is 129 Å². The van der Waals surface area contributed by atoms with Gasteiger partial charge in [0.1, 0.15) is 0 Å². The molecule has 1 aromatic rings. The first kappa shape index (κ1) is 16.2. The van der Waals surface area contributed by atoms with Gasteiger partial charge in [0, 0.05) is 24.2 Å². The van der Waals surface area contributed by atoms with Crippen molar-refractivity contribution in [1.82, 2.24) is 10.6 Å². The summed E-state index contributed by atoms with van der Waals surface area (Å²) in [5.74, 6) is 0.256. The molecule has 22 heavy (non-hydrogen) atoms. The van der Waals surface area contributed by atoms with Crippen LogP contribution in [-0.2, 0) is 0 Å². The number of hydrogen-bond donors (Lipinski definition) is 2. The quantitative estimate of drug-likeness (QED) is 0.638. The minimum Gasteiger partial charge on any atom is -0.487 e.